The molecule has 6 nitrogen and oxygen atoms in total. The molecule has 0 spiro atoms. The second-order valence-corrected chi connectivity index (χ2v) is 17.1. The van der Waals surface area contributed by atoms with Crippen LogP contribution in [0, 0.1) is 0 Å². The van der Waals surface area contributed by atoms with Crippen molar-refractivity contribution in [1.29, 1.82) is 0 Å². The Morgan fingerprint density at radius 3 is 1.08 bits per heavy atom. The van der Waals surface area contributed by atoms with Crippen LogP contribution in [0.2, 0.25) is 0 Å². The summed E-state index contributed by atoms with van der Waals surface area (Å²) >= 11 is 0. The van der Waals surface area contributed by atoms with Crippen LogP contribution in [-0.4, -0.2) is 37.2 Å². The summed E-state index contributed by atoms with van der Waals surface area (Å²) in [6.45, 7) is 6.49. The normalized spacial score (nSPS) is 12.3. The molecule has 0 aromatic rings. The van der Waals surface area contributed by atoms with Gasteiger partial charge in [-0.1, -0.05) is 211 Å². The molecule has 0 aliphatic rings. The highest BCUT2D eigenvalue weighted by atomic mass is 16.6. The molecular formula is C53H96O6. The lowest BCUT2D eigenvalue weighted by molar-refractivity contribution is -0.167. The first-order valence-electron chi connectivity index (χ1n) is 25.5. The first-order valence-corrected chi connectivity index (χ1v) is 25.5. The lowest BCUT2D eigenvalue weighted by atomic mass is 10.0. The van der Waals surface area contributed by atoms with Crippen LogP contribution in [0.5, 0.6) is 0 Å². The molecule has 0 aliphatic carbocycles. The van der Waals surface area contributed by atoms with Gasteiger partial charge in [0.15, 0.2) is 6.10 Å². The SMILES string of the molecule is CC/C=C\C/C=C\CCCCC(=O)OCC(COC(=O)CCCCCCCCCCCCCCCCCCC)OC(=O)CCCCCCCCC/C=C\CCCCCC. The van der Waals surface area contributed by atoms with Gasteiger partial charge in [-0.15, -0.1) is 0 Å². The molecule has 0 radical (unpaired) electrons. The van der Waals surface area contributed by atoms with E-state index in [1.807, 2.05) is 0 Å². The molecule has 0 aromatic heterocycles. The smallest absolute Gasteiger partial charge is 0.306 e. The van der Waals surface area contributed by atoms with Gasteiger partial charge < -0.3 is 14.2 Å². The van der Waals surface area contributed by atoms with E-state index in [0.717, 1.165) is 70.6 Å². The van der Waals surface area contributed by atoms with Crippen LogP contribution in [0.15, 0.2) is 36.5 Å². The summed E-state index contributed by atoms with van der Waals surface area (Å²) in [5.41, 5.74) is 0. The number of carbonyl (C=O) groups is 3. The summed E-state index contributed by atoms with van der Waals surface area (Å²) in [5, 5.41) is 0. The number of rotatable bonds is 46. The number of ether oxygens (including phenoxy) is 3. The lowest BCUT2D eigenvalue weighted by Crippen LogP contribution is -2.30. The van der Waals surface area contributed by atoms with E-state index in [1.165, 1.54) is 154 Å². The van der Waals surface area contributed by atoms with Crippen LogP contribution < -0.4 is 0 Å². The average molecular weight is 829 g/mol. The molecule has 0 aliphatic heterocycles. The highest BCUT2D eigenvalue weighted by Crippen LogP contribution is 2.16. The number of hydrogen-bond donors (Lipinski definition) is 0. The molecule has 344 valence electrons. The van der Waals surface area contributed by atoms with Gasteiger partial charge in [0.25, 0.3) is 0 Å². The third-order valence-electron chi connectivity index (χ3n) is 11.1. The van der Waals surface area contributed by atoms with E-state index in [9.17, 15) is 14.4 Å². The average Bonchev–Trinajstić information content (AvgIpc) is 3.23. The Balaban J connectivity index is 4.30. The Kier molecular flexibility index (Phi) is 46.4. The Morgan fingerprint density at radius 2 is 0.661 bits per heavy atom. The van der Waals surface area contributed by atoms with Gasteiger partial charge in [-0.3, -0.25) is 14.4 Å². The summed E-state index contributed by atoms with van der Waals surface area (Å²) in [6.07, 6.45) is 55.7. The van der Waals surface area contributed by atoms with E-state index in [4.69, 9.17) is 14.2 Å². The second-order valence-electron chi connectivity index (χ2n) is 17.1. The third kappa shape index (κ3) is 46.5. The lowest BCUT2D eigenvalue weighted by Gasteiger charge is -2.18. The van der Waals surface area contributed by atoms with Crippen molar-refractivity contribution < 1.29 is 28.6 Å². The maximum atomic E-state index is 12.8. The summed E-state index contributed by atoms with van der Waals surface area (Å²) in [5.74, 6) is -0.915. The molecule has 0 heterocycles. The zero-order valence-corrected chi connectivity index (χ0v) is 39.3. The first-order chi connectivity index (χ1) is 29.0. The molecule has 0 bridgehead atoms. The summed E-state index contributed by atoms with van der Waals surface area (Å²) in [4.78, 5) is 37.8. The van der Waals surface area contributed by atoms with Gasteiger partial charge in [0.1, 0.15) is 13.2 Å². The van der Waals surface area contributed by atoms with Gasteiger partial charge >= 0.3 is 17.9 Å². The third-order valence-corrected chi connectivity index (χ3v) is 11.1. The predicted octanol–water partition coefficient (Wildman–Crippen LogP) is 16.5. The van der Waals surface area contributed by atoms with Crippen molar-refractivity contribution in [3.8, 4) is 0 Å². The highest BCUT2D eigenvalue weighted by Gasteiger charge is 2.19. The molecule has 1 unspecified atom stereocenters. The summed E-state index contributed by atoms with van der Waals surface area (Å²) in [6, 6.07) is 0. The fourth-order valence-electron chi connectivity index (χ4n) is 7.30. The van der Waals surface area contributed by atoms with Gasteiger partial charge in [-0.25, -0.2) is 0 Å². The van der Waals surface area contributed by atoms with Crippen molar-refractivity contribution in [1.82, 2.24) is 0 Å². The van der Waals surface area contributed by atoms with Gasteiger partial charge in [0.05, 0.1) is 0 Å². The minimum Gasteiger partial charge on any atom is -0.462 e. The van der Waals surface area contributed by atoms with E-state index >= 15 is 0 Å². The van der Waals surface area contributed by atoms with E-state index in [1.54, 1.807) is 0 Å². The summed E-state index contributed by atoms with van der Waals surface area (Å²) in [7, 11) is 0. The fraction of sp³-hybridized carbons (Fsp3) is 0.830. The minimum atomic E-state index is -0.782. The highest BCUT2D eigenvalue weighted by molar-refractivity contribution is 5.71. The topological polar surface area (TPSA) is 78.9 Å². The second kappa shape index (κ2) is 48.3. The van der Waals surface area contributed by atoms with Gasteiger partial charge in [-0.05, 0) is 70.6 Å². The minimum absolute atomic E-state index is 0.0812. The monoisotopic (exact) mass is 829 g/mol. The standard InChI is InChI=1S/C53H96O6/c1-4-7-10-13-16-19-21-23-25-26-28-29-31-34-37-40-43-46-52(55)58-49-50(48-57-51(54)45-42-39-36-33-18-15-12-9-6-3)59-53(56)47-44-41-38-35-32-30-27-24-22-20-17-14-11-8-5-2/h9,12,18,20,22,33,50H,4-8,10-11,13-17,19,21,23-32,34-49H2,1-3H3/b12-9-,22-20-,33-18-. The van der Waals surface area contributed by atoms with Crippen LogP contribution in [0.4, 0.5) is 0 Å². The van der Waals surface area contributed by atoms with Crippen molar-refractivity contribution >= 4 is 17.9 Å². The Hall–Kier alpha value is -2.37. The molecule has 1 atom stereocenters. The maximum Gasteiger partial charge on any atom is 0.306 e. The molecule has 0 rings (SSSR count). The Bertz CT molecular complexity index is 1000. The molecule has 0 amide bonds. The zero-order valence-electron chi connectivity index (χ0n) is 39.3. The number of unbranched alkanes of at least 4 members (excludes halogenated alkanes) is 29. The molecule has 0 saturated heterocycles. The van der Waals surface area contributed by atoms with Crippen molar-refractivity contribution in [2.45, 2.75) is 271 Å². The molecule has 0 N–H and O–H groups in total. The molecule has 0 saturated carbocycles. The van der Waals surface area contributed by atoms with Gasteiger partial charge in [0, 0.05) is 19.3 Å². The molecule has 0 aromatic carbocycles. The number of carbonyl (C=O) groups excluding carboxylic acids is 3. The predicted molar refractivity (Wildman–Crippen MR) is 252 cm³/mol. The molecule has 6 heteroatoms. The van der Waals surface area contributed by atoms with Crippen LogP contribution in [-0.2, 0) is 28.6 Å². The molecule has 59 heavy (non-hydrogen) atoms. The van der Waals surface area contributed by atoms with Crippen LogP contribution in [0.25, 0.3) is 0 Å². The Labute approximate surface area is 365 Å². The summed E-state index contributed by atoms with van der Waals surface area (Å²) < 4.78 is 16.7. The Morgan fingerprint density at radius 1 is 0.356 bits per heavy atom. The largest absolute Gasteiger partial charge is 0.462 e. The zero-order chi connectivity index (χ0) is 43.0. The quantitative estimate of drug-likeness (QED) is 0.0263. The van der Waals surface area contributed by atoms with E-state index < -0.39 is 6.10 Å². The van der Waals surface area contributed by atoms with Crippen LogP contribution in [0.3, 0.4) is 0 Å². The number of esters is 3. The van der Waals surface area contributed by atoms with Crippen molar-refractivity contribution in [3.63, 3.8) is 0 Å². The van der Waals surface area contributed by atoms with Crippen molar-refractivity contribution in [2.75, 3.05) is 13.2 Å². The molecule has 0 fully saturated rings. The van der Waals surface area contributed by atoms with Gasteiger partial charge in [-0.2, -0.15) is 0 Å². The number of hydrogen-bond acceptors (Lipinski definition) is 6. The first kappa shape index (κ1) is 56.6. The fourth-order valence-corrected chi connectivity index (χ4v) is 7.30. The maximum absolute atomic E-state index is 12.8. The molecular weight excluding hydrogens is 733 g/mol. The van der Waals surface area contributed by atoms with E-state index in [2.05, 4.69) is 57.2 Å². The van der Waals surface area contributed by atoms with Crippen LogP contribution >= 0.6 is 0 Å². The van der Waals surface area contributed by atoms with Crippen molar-refractivity contribution in [2.24, 2.45) is 0 Å². The van der Waals surface area contributed by atoms with Gasteiger partial charge in [0.2, 0.25) is 0 Å². The van der Waals surface area contributed by atoms with E-state index in [0.29, 0.717) is 19.3 Å². The van der Waals surface area contributed by atoms with Crippen molar-refractivity contribution in [3.05, 3.63) is 36.5 Å². The number of allylic oxidation sites excluding steroid dienone is 6. The van der Waals surface area contributed by atoms with Crippen LogP contribution in [0.1, 0.15) is 265 Å². The van der Waals surface area contributed by atoms with E-state index in [-0.39, 0.29) is 31.1 Å².